The van der Waals surface area contributed by atoms with E-state index in [-0.39, 0.29) is 11.3 Å². The number of nitrogens with zero attached hydrogens (tertiary/aromatic N) is 3. The van der Waals surface area contributed by atoms with Crippen LogP contribution >= 0.6 is 11.6 Å². The molecule has 1 atom stereocenters. The molecule has 0 bridgehead atoms. The van der Waals surface area contributed by atoms with Crippen molar-refractivity contribution in [1.29, 1.82) is 0 Å². The van der Waals surface area contributed by atoms with Gasteiger partial charge in [0.2, 0.25) is 5.91 Å². The highest BCUT2D eigenvalue weighted by molar-refractivity contribution is 6.30. The van der Waals surface area contributed by atoms with E-state index in [9.17, 15) is 14.4 Å². The topological polar surface area (TPSA) is 120 Å². The monoisotopic (exact) mass is 556 g/mol. The highest BCUT2D eigenvalue weighted by Crippen LogP contribution is 2.47. The van der Waals surface area contributed by atoms with Crippen molar-refractivity contribution in [1.82, 2.24) is 30.9 Å². The first-order chi connectivity index (χ1) is 18.9. The van der Waals surface area contributed by atoms with Crippen LogP contribution in [0.4, 0.5) is 4.79 Å². The van der Waals surface area contributed by atoms with Crippen LogP contribution in [0, 0.1) is 11.3 Å². The molecule has 0 radical (unpaired) electrons. The summed E-state index contributed by atoms with van der Waals surface area (Å²) in [4.78, 5) is 41.9. The zero-order valence-electron chi connectivity index (χ0n) is 22.9. The molecule has 3 N–H and O–H groups in total. The van der Waals surface area contributed by atoms with Crippen molar-refractivity contribution < 1.29 is 14.4 Å². The van der Waals surface area contributed by atoms with Gasteiger partial charge in [-0.1, -0.05) is 49.9 Å². The molecule has 39 heavy (non-hydrogen) atoms. The number of rotatable bonds is 11. The number of Topliss-reactive ketones (excluding diaryl/α,β-unsaturated/α-hetero) is 1. The molecule has 10 heteroatoms. The van der Waals surface area contributed by atoms with Crippen molar-refractivity contribution in [2.75, 3.05) is 19.6 Å². The summed E-state index contributed by atoms with van der Waals surface area (Å²) < 4.78 is 0. The van der Waals surface area contributed by atoms with Gasteiger partial charge in [0.25, 0.3) is 0 Å². The summed E-state index contributed by atoms with van der Waals surface area (Å²) in [6.07, 6.45) is 11.2. The van der Waals surface area contributed by atoms with E-state index in [1.54, 1.807) is 18.3 Å². The average Bonchev–Trinajstić information content (AvgIpc) is 3.48. The van der Waals surface area contributed by atoms with Crippen molar-refractivity contribution >= 4 is 29.3 Å². The lowest BCUT2D eigenvalue weighted by atomic mass is 9.61. The van der Waals surface area contributed by atoms with Gasteiger partial charge in [-0.25, -0.2) is 4.79 Å². The SMILES string of the molecule is CCCC(=O)C1(C2CCCCC2)CCN(C(=O)C(Cc2ccc(Cl)cc2)NC(=O)NCCc2cn[nH]n2)CC1. The molecule has 2 aliphatic rings. The molecule has 0 spiro atoms. The number of nitrogens with one attached hydrogen (secondary N) is 3. The molecule has 2 heterocycles. The molecule has 212 valence electrons. The van der Waals surface area contributed by atoms with Crippen molar-refractivity contribution in [3.63, 3.8) is 0 Å². The number of hydrogen-bond donors (Lipinski definition) is 3. The van der Waals surface area contributed by atoms with Crippen LogP contribution in [-0.2, 0) is 22.4 Å². The molecule has 2 aromatic rings. The molecular weight excluding hydrogens is 516 g/mol. The fourth-order valence-corrected chi connectivity index (χ4v) is 6.43. The van der Waals surface area contributed by atoms with E-state index in [1.807, 2.05) is 17.0 Å². The Bertz CT molecular complexity index is 1080. The minimum absolute atomic E-state index is 0.114. The van der Waals surface area contributed by atoms with Crippen LogP contribution in [0.15, 0.2) is 30.5 Å². The first-order valence-electron chi connectivity index (χ1n) is 14.4. The predicted molar refractivity (Wildman–Crippen MR) is 150 cm³/mol. The van der Waals surface area contributed by atoms with E-state index in [0.717, 1.165) is 30.5 Å². The molecule has 1 aromatic carbocycles. The van der Waals surface area contributed by atoms with Crippen LogP contribution in [0.3, 0.4) is 0 Å². The van der Waals surface area contributed by atoms with Crippen molar-refractivity contribution in [2.45, 2.75) is 83.6 Å². The Balaban J connectivity index is 1.42. The number of carbonyl (C=O) groups is 3. The molecule has 1 aliphatic carbocycles. The van der Waals surface area contributed by atoms with Crippen molar-refractivity contribution in [3.8, 4) is 0 Å². The lowest BCUT2D eigenvalue weighted by Gasteiger charge is -2.47. The minimum Gasteiger partial charge on any atom is -0.341 e. The van der Waals surface area contributed by atoms with Gasteiger partial charge in [-0.05, 0) is 55.7 Å². The second kappa shape index (κ2) is 13.9. The summed E-state index contributed by atoms with van der Waals surface area (Å²) in [6, 6.07) is 6.19. The quantitative estimate of drug-likeness (QED) is 0.377. The summed E-state index contributed by atoms with van der Waals surface area (Å²) in [5.74, 6) is 0.684. The first-order valence-corrected chi connectivity index (χ1v) is 14.7. The number of urea groups is 1. The number of aromatic nitrogens is 3. The zero-order valence-corrected chi connectivity index (χ0v) is 23.6. The fraction of sp³-hybridized carbons (Fsp3) is 0.621. The van der Waals surface area contributed by atoms with E-state index in [0.29, 0.717) is 68.5 Å². The fourth-order valence-electron chi connectivity index (χ4n) is 6.31. The van der Waals surface area contributed by atoms with Gasteiger partial charge in [-0.15, -0.1) is 0 Å². The maximum absolute atomic E-state index is 13.8. The van der Waals surface area contributed by atoms with Gasteiger partial charge in [-0.2, -0.15) is 15.4 Å². The predicted octanol–water partition coefficient (Wildman–Crippen LogP) is 4.47. The van der Waals surface area contributed by atoms with Gasteiger partial charge < -0.3 is 15.5 Å². The Kier molecular flexibility index (Phi) is 10.4. The van der Waals surface area contributed by atoms with Crippen molar-refractivity contribution in [3.05, 3.63) is 46.7 Å². The Morgan fingerprint density at radius 1 is 1.13 bits per heavy atom. The number of halogens is 1. The Hall–Kier alpha value is -2.94. The molecule has 9 nitrogen and oxygen atoms in total. The number of likely N-dealkylation sites (tertiary alicyclic amines) is 1. The van der Waals surface area contributed by atoms with E-state index < -0.39 is 12.1 Å². The normalized spacial score (nSPS) is 18.4. The third-order valence-corrected chi connectivity index (χ3v) is 8.73. The van der Waals surface area contributed by atoms with Crippen LogP contribution in [0.5, 0.6) is 0 Å². The van der Waals surface area contributed by atoms with Crippen LogP contribution in [0.1, 0.15) is 76.0 Å². The van der Waals surface area contributed by atoms with Gasteiger partial charge in [0.1, 0.15) is 11.8 Å². The number of piperidine rings is 1. The lowest BCUT2D eigenvalue weighted by molar-refractivity contribution is -0.144. The number of amides is 3. The summed E-state index contributed by atoms with van der Waals surface area (Å²) in [7, 11) is 0. The Morgan fingerprint density at radius 2 is 1.85 bits per heavy atom. The van der Waals surface area contributed by atoms with Gasteiger partial charge in [0.05, 0.1) is 11.9 Å². The summed E-state index contributed by atoms with van der Waals surface area (Å²) in [6.45, 7) is 3.51. The molecule has 1 aromatic heterocycles. The summed E-state index contributed by atoms with van der Waals surface area (Å²) in [5.41, 5.74) is 1.34. The van der Waals surface area contributed by atoms with Crippen LogP contribution in [0.2, 0.25) is 5.02 Å². The van der Waals surface area contributed by atoms with E-state index in [4.69, 9.17) is 11.6 Å². The molecule has 1 unspecified atom stereocenters. The minimum atomic E-state index is -0.730. The Labute approximate surface area is 235 Å². The number of benzene rings is 1. The average molecular weight is 557 g/mol. The van der Waals surface area contributed by atoms with E-state index in [2.05, 4.69) is 33.0 Å². The van der Waals surface area contributed by atoms with Crippen LogP contribution < -0.4 is 10.6 Å². The van der Waals surface area contributed by atoms with Gasteiger partial charge >= 0.3 is 6.03 Å². The number of aromatic amines is 1. The van der Waals surface area contributed by atoms with Crippen LogP contribution in [0.25, 0.3) is 0 Å². The van der Waals surface area contributed by atoms with Gasteiger partial charge in [0, 0.05) is 49.3 Å². The molecule has 4 rings (SSSR count). The molecule has 1 saturated carbocycles. The first kappa shape index (κ1) is 29.1. The number of H-pyrrole nitrogens is 1. The Morgan fingerprint density at radius 3 is 2.49 bits per heavy atom. The third-order valence-electron chi connectivity index (χ3n) is 8.47. The van der Waals surface area contributed by atoms with Crippen molar-refractivity contribution in [2.24, 2.45) is 11.3 Å². The zero-order chi connectivity index (χ0) is 27.7. The number of hydrogen-bond acceptors (Lipinski definition) is 5. The van der Waals surface area contributed by atoms with Gasteiger partial charge in [0.15, 0.2) is 0 Å². The van der Waals surface area contributed by atoms with E-state index in [1.165, 1.54) is 19.3 Å². The summed E-state index contributed by atoms with van der Waals surface area (Å²) in [5, 5.41) is 16.7. The van der Waals surface area contributed by atoms with Crippen LogP contribution in [-0.4, -0.2) is 63.7 Å². The standard InChI is InChI=1S/C29H41ClN6O3/c1-2-6-26(37)29(22-7-4-3-5-8-22)14-17-36(18-15-29)27(38)25(19-21-9-11-23(30)12-10-21)33-28(39)31-16-13-24-20-32-35-34-24/h9-12,20,22,25H,2-8,13-19H2,1H3,(H2,31,33,39)(H,32,34,35). The second-order valence-electron chi connectivity index (χ2n) is 11.0. The highest BCUT2D eigenvalue weighted by Gasteiger charge is 2.47. The summed E-state index contributed by atoms with van der Waals surface area (Å²) >= 11 is 6.06. The molecular formula is C29H41ClN6O3. The number of carbonyl (C=O) groups excluding carboxylic acids is 3. The second-order valence-corrected chi connectivity index (χ2v) is 11.4. The maximum atomic E-state index is 13.8. The largest absolute Gasteiger partial charge is 0.341 e. The third kappa shape index (κ3) is 7.59. The molecule has 2 fully saturated rings. The van der Waals surface area contributed by atoms with E-state index >= 15 is 0 Å². The molecule has 1 aliphatic heterocycles. The lowest BCUT2D eigenvalue weighted by Crippen LogP contribution is -2.56. The van der Waals surface area contributed by atoms with Gasteiger partial charge in [-0.3, -0.25) is 9.59 Å². The highest BCUT2D eigenvalue weighted by atomic mass is 35.5. The molecule has 1 saturated heterocycles. The molecule has 3 amide bonds. The number of ketones is 1. The smallest absolute Gasteiger partial charge is 0.315 e. The maximum Gasteiger partial charge on any atom is 0.315 e.